The summed E-state index contributed by atoms with van der Waals surface area (Å²) in [5.74, 6) is -0.676. The Balaban J connectivity index is 2.05. The van der Waals surface area contributed by atoms with E-state index in [9.17, 15) is 26.4 Å². The normalized spacial score (nSPS) is 22.4. The third-order valence-electron chi connectivity index (χ3n) is 5.15. The van der Waals surface area contributed by atoms with Crippen LogP contribution in [-0.4, -0.2) is 21.4 Å². The zero-order chi connectivity index (χ0) is 20.2. The van der Waals surface area contributed by atoms with Crippen LogP contribution < -0.4 is 9.62 Å². The fourth-order valence-corrected chi connectivity index (χ4v) is 4.37. The Kier molecular flexibility index (Phi) is 4.51. The van der Waals surface area contributed by atoms with Gasteiger partial charge in [0.05, 0.1) is 15.9 Å². The number of carbonyl (C=O) groups excluding carboxylic acids is 1. The van der Waals surface area contributed by atoms with E-state index in [1.54, 1.807) is 19.9 Å². The van der Waals surface area contributed by atoms with Crippen LogP contribution in [0.2, 0.25) is 0 Å². The van der Waals surface area contributed by atoms with Crippen molar-refractivity contribution in [2.45, 2.75) is 26.4 Å². The van der Waals surface area contributed by atoms with Gasteiger partial charge in [-0.2, -0.15) is 13.2 Å². The number of hydrogen-bond acceptors (Lipinski definition) is 3. The number of sulfonamides is 1. The molecule has 5 nitrogen and oxygen atoms in total. The molecule has 0 spiro atoms. The first-order valence-corrected chi connectivity index (χ1v) is 9.74. The van der Waals surface area contributed by atoms with Crippen molar-refractivity contribution >= 4 is 21.6 Å². The fourth-order valence-electron chi connectivity index (χ4n) is 3.47. The van der Waals surface area contributed by atoms with Gasteiger partial charge in [0.1, 0.15) is 0 Å². The SMILES string of the molecule is CNS(=O)(=O)C1=CC=C2C(C1)C(C)(C)C(=O)N2c1ccc(C(F)(F)F)cc1. The molecule has 1 amide bonds. The minimum absolute atomic E-state index is 0.144. The summed E-state index contributed by atoms with van der Waals surface area (Å²) in [6.45, 7) is 3.43. The largest absolute Gasteiger partial charge is 0.416 e. The number of rotatable bonds is 3. The second-order valence-electron chi connectivity index (χ2n) is 7.10. The van der Waals surface area contributed by atoms with Gasteiger partial charge in [0, 0.05) is 17.3 Å². The molecule has 0 radical (unpaired) electrons. The van der Waals surface area contributed by atoms with Gasteiger partial charge in [-0.05, 0) is 49.9 Å². The molecule has 1 aliphatic carbocycles. The van der Waals surface area contributed by atoms with E-state index in [1.165, 1.54) is 30.2 Å². The summed E-state index contributed by atoms with van der Waals surface area (Å²) in [4.78, 5) is 14.5. The molecule has 1 unspecified atom stereocenters. The molecule has 0 saturated carbocycles. The first kappa shape index (κ1) is 19.6. The van der Waals surface area contributed by atoms with Gasteiger partial charge in [-0.15, -0.1) is 0 Å². The highest BCUT2D eigenvalue weighted by atomic mass is 32.2. The Bertz CT molecular complexity index is 945. The van der Waals surface area contributed by atoms with Crippen molar-refractivity contribution in [2.24, 2.45) is 11.3 Å². The van der Waals surface area contributed by atoms with Crippen LogP contribution in [0.15, 0.2) is 47.0 Å². The number of benzene rings is 1. The van der Waals surface area contributed by atoms with Crippen LogP contribution in [0.5, 0.6) is 0 Å². The molecule has 3 rings (SSSR count). The number of amides is 1. The minimum atomic E-state index is -4.46. The van der Waals surface area contributed by atoms with Crippen molar-refractivity contribution < 1.29 is 26.4 Å². The van der Waals surface area contributed by atoms with Crippen LogP contribution in [0.25, 0.3) is 0 Å². The molecule has 1 saturated heterocycles. The second-order valence-corrected chi connectivity index (χ2v) is 9.04. The van der Waals surface area contributed by atoms with Crippen molar-refractivity contribution in [3.63, 3.8) is 0 Å². The standard InChI is InChI=1S/C18H19F3N2O3S/c1-17(2)14-10-13(27(25,26)22-3)8-9-15(14)23(16(17)24)12-6-4-11(5-7-12)18(19,20)21/h4-9,14,22H,10H2,1-3H3. The number of allylic oxidation sites excluding steroid dienone is 4. The quantitative estimate of drug-likeness (QED) is 0.846. The molecule has 146 valence electrons. The van der Waals surface area contributed by atoms with Crippen LogP contribution in [-0.2, 0) is 21.0 Å². The summed E-state index contributed by atoms with van der Waals surface area (Å²) in [5.41, 5.74) is -0.784. The van der Waals surface area contributed by atoms with Gasteiger partial charge in [0.25, 0.3) is 0 Å². The lowest BCUT2D eigenvalue weighted by molar-refractivity contribution is -0.137. The molecular formula is C18H19F3N2O3S. The molecule has 1 N–H and O–H groups in total. The third kappa shape index (κ3) is 3.19. The van der Waals surface area contributed by atoms with Crippen LogP contribution in [0.1, 0.15) is 25.8 Å². The highest BCUT2D eigenvalue weighted by Gasteiger charge is 2.52. The predicted octanol–water partition coefficient (Wildman–Crippen LogP) is 3.42. The summed E-state index contributed by atoms with van der Waals surface area (Å²) in [6.07, 6.45) is -1.32. The molecule has 0 aromatic heterocycles. The van der Waals surface area contributed by atoms with E-state index >= 15 is 0 Å². The van der Waals surface area contributed by atoms with E-state index < -0.39 is 33.1 Å². The maximum absolute atomic E-state index is 13.0. The first-order valence-electron chi connectivity index (χ1n) is 8.25. The van der Waals surface area contributed by atoms with E-state index in [0.29, 0.717) is 11.4 Å². The summed E-state index contributed by atoms with van der Waals surface area (Å²) < 4.78 is 64.8. The Hall–Kier alpha value is -2.13. The zero-order valence-corrected chi connectivity index (χ0v) is 15.8. The maximum Gasteiger partial charge on any atom is 0.416 e. The van der Waals surface area contributed by atoms with Gasteiger partial charge in [-0.3, -0.25) is 9.69 Å². The van der Waals surface area contributed by atoms with Crippen LogP contribution >= 0.6 is 0 Å². The average molecular weight is 400 g/mol. The Morgan fingerprint density at radius 2 is 1.74 bits per heavy atom. The van der Waals surface area contributed by atoms with Crippen molar-refractivity contribution in [3.05, 3.63) is 52.6 Å². The Morgan fingerprint density at radius 1 is 1.15 bits per heavy atom. The first-order chi connectivity index (χ1) is 12.4. The maximum atomic E-state index is 13.0. The van der Waals surface area contributed by atoms with Gasteiger partial charge in [0.2, 0.25) is 15.9 Å². The molecule has 1 aliphatic heterocycles. The second kappa shape index (κ2) is 6.20. The molecular weight excluding hydrogens is 381 g/mol. The number of nitrogens with one attached hydrogen (secondary N) is 1. The lowest BCUT2D eigenvalue weighted by Gasteiger charge is -2.27. The molecule has 0 bridgehead atoms. The highest BCUT2D eigenvalue weighted by molar-refractivity contribution is 7.93. The van der Waals surface area contributed by atoms with Crippen LogP contribution in [0.4, 0.5) is 18.9 Å². The van der Waals surface area contributed by atoms with Crippen molar-refractivity contribution in [1.82, 2.24) is 4.72 Å². The van der Waals surface area contributed by atoms with E-state index in [-0.39, 0.29) is 17.2 Å². The molecule has 1 atom stereocenters. The summed E-state index contributed by atoms with van der Waals surface area (Å²) in [6, 6.07) is 4.37. The number of hydrogen-bond donors (Lipinski definition) is 1. The van der Waals surface area contributed by atoms with Crippen molar-refractivity contribution in [1.29, 1.82) is 0 Å². The van der Waals surface area contributed by atoms with Gasteiger partial charge in [-0.25, -0.2) is 13.1 Å². The van der Waals surface area contributed by atoms with Crippen molar-refractivity contribution in [2.75, 3.05) is 11.9 Å². The van der Waals surface area contributed by atoms with Gasteiger partial charge < -0.3 is 0 Å². The number of carbonyl (C=O) groups is 1. The van der Waals surface area contributed by atoms with Crippen LogP contribution in [0.3, 0.4) is 0 Å². The Labute approximate surface area is 155 Å². The topological polar surface area (TPSA) is 66.5 Å². The lowest BCUT2D eigenvalue weighted by Crippen LogP contribution is -2.32. The van der Waals surface area contributed by atoms with Crippen LogP contribution in [0, 0.1) is 11.3 Å². The lowest BCUT2D eigenvalue weighted by atomic mass is 9.77. The molecule has 1 aromatic rings. The van der Waals surface area contributed by atoms with E-state index in [2.05, 4.69) is 4.72 Å². The Morgan fingerprint density at radius 3 is 2.26 bits per heavy atom. The van der Waals surface area contributed by atoms with Crippen molar-refractivity contribution in [3.8, 4) is 0 Å². The predicted molar refractivity (Wildman–Crippen MR) is 95.0 cm³/mol. The molecule has 1 aromatic carbocycles. The number of alkyl halides is 3. The van der Waals surface area contributed by atoms with Gasteiger partial charge in [-0.1, -0.05) is 13.8 Å². The van der Waals surface area contributed by atoms with E-state index in [1.807, 2.05) is 0 Å². The van der Waals surface area contributed by atoms with E-state index in [0.717, 1.165) is 12.1 Å². The fraction of sp³-hybridized carbons (Fsp3) is 0.389. The minimum Gasteiger partial charge on any atom is -0.284 e. The zero-order valence-electron chi connectivity index (χ0n) is 15.0. The third-order valence-corrected chi connectivity index (χ3v) is 6.68. The number of halogens is 3. The van der Waals surface area contributed by atoms with E-state index in [4.69, 9.17) is 0 Å². The van der Waals surface area contributed by atoms with Gasteiger partial charge >= 0.3 is 6.18 Å². The van der Waals surface area contributed by atoms with Gasteiger partial charge in [0.15, 0.2) is 0 Å². The smallest absolute Gasteiger partial charge is 0.284 e. The monoisotopic (exact) mass is 400 g/mol. The molecule has 2 aliphatic rings. The molecule has 1 fully saturated rings. The number of fused-ring (bicyclic) bond motifs is 1. The molecule has 1 heterocycles. The number of anilines is 1. The number of nitrogens with zero attached hydrogens (tertiary/aromatic N) is 1. The molecule has 9 heteroatoms. The summed E-state index contributed by atoms with van der Waals surface area (Å²) >= 11 is 0. The summed E-state index contributed by atoms with van der Waals surface area (Å²) in [5, 5.41) is 0. The average Bonchev–Trinajstić information content (AvgIpc) is 2.80. The highest BCUT2D eigenvalue weighted by Crippen LogP contribution is 2.50. The summed E-state index contributed by atoms with van der Waals surface area (Å²) in [7, 11) is -2.31. The molecule has 27 heavy (non-hydrogen) atoms.